The zero-order chi connectivity index (χ0) is 18.4. The highest BCUT2D eigenvalue weighted by atomic mass is 32.1. The van der Waals surface area contributed by atoms with Crippen LogP contribution in [-0.2, 0) is 30.3 Å². The number of ether oxygens (including phenoxy) is 2. The van der Waals surface area contributed by atoms with Crippen LogP contribution in [0.1, 0.15) is 43.5 Å². The Balaban J connectivity index is 0.000000441. The molecule has 0 bridgehead atoms. The first-order chi connectivity index (χ1) is 11.4. The highest BCUT2D eigenvalue weighted by Crippen LogP contribution is 2.12. The number of aromatic nitrogens is 1. The third kappa shape index (κ3) is 12.4. The van der Waals surface area contributed by atoms with Crippen LogP contribution < -0.4 is 0 Å². The van der Waals surface area contributed by atoms with Gasteiger partial charge in [0.15, 0.2) is 0 Å². The minimum absolute atomic E-state index is 0.0770. The van der Waals surface area contributed by atoms with E-state index in [9.17, 15) is 14.4 Å². The Hall–Kier alpha value is -2.20. The van der Waals surface area contributed by atoms with Gasteiger partial charge in [0.2, 0.25) is 0 Å². The number of Topliss-reactive ketones (excluding diaryl/α,β-unsaturated/α-hetero) is 1. The monoisotopic (exact) mass is 353 g/mol. The van der Waals surface area contributed by atoms with E-state index in [0.29, 0.717) is 32.5 Å². The third-order valence-electron chi connectivity index (χ3n) is 2.36. The Morgan fingerprint density at radius 3 is 2.38 bits per heavy atom. The van der Waals surface area contributed by atoms with Gasteiger partial charge in [0.1, 0.15) is 5.78 Å². The van der Waals surface area contributed by atoms with Crippen LogP contribution in [0, 0.1) is 18.8 Å². The van der Waals surface area contributed by atoms with Crippen molar-refractivity contribution in [3.05, 3.63) is 16.1 Å². The van der Waals surface area contributed by atoms with Gasteiger partial charge in [-0.15, -0.1) is 11.3 Å². The molecule has 0 saturated heterocycles. The maximum absolute atomic E-state index is 11.0. The Morgan fingerprint density at radius 2 is 1.88 bits per heavy atom. The molecule has 0 aromatic carbocycles. The van der Waals surface area contributed by atoms with Crippen molar-refractivity contribution in [1.82, 2.24) is 4.98 Å². The van der Waals surface area contributed by atoms with E-state index in [1.54, 1.807) is 20.0 Å². The molecule has 1 heterocycles. The van der Waals surface area contributed by atoms with Crippen LogP contribution in [0.4, 0.5) is 0 Å². The Morgan fingerprint density at radius 1 is 1.21 bits per heavy atom. The van der Waals surface area contributed by atoms with E-state index < -0.39 is 5.97 Å². The predicted molar refractivity (Wildman–Crippen MR) is 91.5 cm³/mol. The minimum atomic E-state index is -0.527. The van der Waals surface area contributed by atoms with Gasteiger partial charge in [-0.3, -0.25) is 9.59 Å². The lowest BCUT2D eigenvalue weighted by Gasteiger charge is -1.97. The average Bonchev–Trinajstić information content (AvgIpc) is 2.90. The molecular formula is C17H23NO5S. The molecule has 7 heteroatoms. The lowest BCUT2D eigenvalue weighted by atomic mass is 10.2. The second kappa shape index (κ2) is 13.3. The molecule has 24 heavy (non-hydrogen) atoms. The Labute approximate surface area is 146 Å². The van der Waals surface area contributed by atoms with Gasteiger partial charge in [-0.05, 0) is 27.7 Å². The number of carbonyl (C=O) groups excluding carboxylic acids is 3. The molecule has 0 spiro atoms. The van der Waals surface area contributed by atoms with E-state index in [2.05, 4.69) is 21.6 Å². The number of carbonyl (C=O) groups is 3. The van der Waals surface area contributed by atoms with E-state index in [-0.39, 0.29) is 11.8 Å². The second-order valence-electron chi connectivity index (χ2n) is 4.55. The van der Waals surface area contributed by atoms with Gasteiger partial charge in [0.05, 0.1) is 24.6 Å². The van der Waals surface area contributed by atoms with Gasteiger partial charge in [-0.2, -0.15) is 0 Å². The molecule has 1 aromatic heterocycles. The average molecular weight is 353 g/mol. The van der Waals surface area contributed by atoms with Gasteiger partial charge in [-0.1, -0.05) is 5.92 Å². The fourth-order valence-electron chi connectivity index (χ4n) is 1.38. The summed E-state index contributed by atoms with van der Waals surface area (Å²) in [5.74, 6) is 4.20. The topological polar surface area (TPSA) is 82.6 Å². The third-order valence-corrected chi connectivity index (χ3v) is 3.27. The Bertz CT molecular complexity index is 598. The quantitative estimate of drug-likeness (QED) is 0.444. The highest BCUT2D eigenvalue weighted by Gasteiger charge is 2.05. The SMILES string of the molecule is CCOC(=O)C#CCCC(C)=O.CCOC(=O)Cc1cnc(C)s1. The zero-order valence-corrected chi connectivity index (χ0v) is 15.3. The first-order valence-corrected chi connectivity index (χ1v) is 8.42. The Kier molecular flexibility index (Phi) is 12.0. The molecule has 0 amide bonds. The molecule has 0 aliphatic heterocycles. The number of esters is 2. The zero-order valence-electron chi connectivity index (χ0n) is 14.5. The maximum Gasteiger partial charge on any atom is 0.384 e. The summed E-state index contributed by atoms with van der Waals surface area (Å²) >= 11 is 1.53. The molecule has 1 aromatic rings. The molecule has 0 saturated carbocycles. The molecular weight excluding hydrogens is 330 g/mol. The summed E-state index contributed by atoms with van der Waals surface area (Å²) < 4.78 is 9.35. The van der Waals surface area contributed by atoms with Gasteiger partial charge in [0, 0.05) is 29.8 Å². The van der Waals surface area contributed by atoms with Crippen LogP contribution in [0.25, 0.3) is 0 Å². The van der Waals surface area contributed by atoms with Crippen LogP contribution in [0.2, 0.25) is 0 Å². The van der Waals surface area contributed by atoms with Crippen LogP contribution in [0.5, 0.6) is 0 Å². The van der Waals surface area contributed by atoms with Crippen molar-refractivity contribution in [2.75, 3.05) is 13.2 Å². The summed E-state index contributed by atoms with van der Waals surface area (Å²) in [5.41, 5.74) is 0. The number of hydrogen-bond donors (Lipinski definition) is 0. The minimum Gasteiger partial charge on any atom is -0.466 e. The normalized spacial score (nSPS) is 9.00. The van der Waals surface area contributed by atoms with Crippen LogP contribution >= 0.6 is 11.3 Å². The van der Waals surface area contributed by atoms with Crippen molar-refractivity contribution in [3.63, 3.8) is 0 Å². The van der Waals surface area contributed by atoms with Crippen molar-refractivity contribution in [2.45, 2.75) is 47.0 Å². The van der Waals surface area contributed by atoms with Crippen molar-refractivity contribution < 1.29 is 23.9 Å². The lowest BCUT2D eigenvalue weighted by molar-refractivity contribution is -0.142. The van der Waals surface area contributed by atoms with Gasteiger partial charge in [-0.25, -0.2) is 9.78 Å². The number of thiazole rings is 1. The number of ketones is 1. The van der Waals surface area contributed by atoms with Crippen LogP contribution in [0.3, 0.4) is 0 Å². The molecule has 0 aliphatic rings. The number of hydrogen-bond acceptors (Lipinski definition) is 7. The molecule has 0 N–H and O–H groups in total. The molecule has 0 atom stereocenters. The van der Waals surface area contributed by atoms with Crippen molar-refractivity contribution in [1.29, 1.82) is 0 Å². The molecule has 0 aliphatic carbocycles. The van der Waals surface area contributed by atoms with Gasteiger partial charge in [0.25, 0.3) is 0 Å². The van der Waals surface area contributed by atoms with Crippen molar-refractivity contribution >= 4 is 29.1 Å². The van der Waals surface area contributed by atoms with E-state index in [4.69, 9.17) is 4.74 Å². The highest BCUT2D eigenvalue weighted by molar-refractivity contribution is 7.11. The summed E-state index contributed by atoms with van der Waals surface area (Å²) in [6.45, 7) is 7.70. The maximum atomic E-state index is 11.0. The molecule has 6 nitrogen and oxygen atoms in total. The van der Waals surface area contributed by atoms with E-state index in [1.807, 2.05) is 6.92 Å². The number of rotatable bonds is 6. The van der Waals surface area contributed by atoms with Gasteiger partial charge >= 0.3 is 11.9 Å². The van der Waals surface area contributed by atoms with Crippen molar-refractivity contribution in [2.24, 2.45) is 0 Å². The smallest absolute Gasteiger partial charge is 0.384 e. The first kappa shape index (κ1) is 21.8. The lowest BCUT2D eigenvalue weighted by Crippen LogP contribution is -2.06. The summed E-state index contributed by atoms with van der Waals surface area (Å²) in [5, 5.41) is 0.981. The summed E-state index contributed by atoms with van der Waals surface area (Å²) in [6.07, 6.45) is 2.89. The second-order valence-corrected chi connectivity index (χ2v) is 5.87. The summed E-state index contributed by atoms with van der Waals surface area (Å²) in [4.78, 5) is 37.0. The standard InChI is InChI=1S/C9H12O3.C8H11NO2S/c1-3-12-9(11)7-5-4-6-8(2)10;1-3-11-8(10)4-7-5-9-6(2)12-7/h3-4,6H2,1-2H3;5H,3-4H2,1-2H3. The molecule has 132 valence electrons. The van der Waals surface area contributed by atoms with Crippen molar-refractivity contribution in [3.8, 4) is 11.8 Å². The molecule has 0 fully saturated rings. The molecule has 0 radical (unpaired) electrons. The number of aryl methyl sites for hydroxylation is 1. The van der Waals surface area contributed by atoms with Crippen LogP contribution in [-0.4, -0.2) is 35.9 Å². The predicted octanol–water partition coefficient (Wildman–Crippen LogP) is 2.48. The fraction of sp³-hybridized carbons (Fsp3) is 0.529. The molecule has 0 unspecified atom stereocenters. The summed E-state index contributed by atoms with van der Waals surface area (Å²) in [6, 6.07) is 0. The largest absolute Gasteiger partial charge is 0.466 e. The van der Waals surface area contributed by atoms with Gasteiger partial charge < -0.3 is 9.47 Å². The summed E-state index contributed by atoms with van der Waals surface area (Å²) in [7, 11) is 0. The first-order valence-electron chi connectivity index (χ1n) is 7.61. The van der Waals surface area contributed by atoms with Crippen LogP contribution in [0.15, 0.2) is 6.20 Å². The fourth-order valence-corrected chi connectivity index (χ4v) is 2.16. The molecule has 1 rings (SSSR count). The number of nitrogens with zero attached hydrogens (tertiary/aromatic N) is 1. The van der Waals surface area contributed by atoms with E-state index in [1.165, 1.54) is 18.3 Å². The van der Waals surface area contributed by atoms with E-state index >= 15 is 0 Å². The van der Waals surface area contributed by atoms with E-state index in [0.717, 1.165) is 9.88 Å².